The first-order valence-electron chi connectivity index (χ1n) is 8.38. The van der Waals surface area contributed by atoms with Crippen LogP contribution in [-0.2, 0) is 4.79 Å². The SMILES string of the molecule is O=C(CCC(=O)N1CCC[C@@H]1c1ccc(Cl)cc1)c1ccc(Br)cc1. The quantitative estimate of drug-likeness (QED) is 0.605. The standard InChI is InChI=1S/C20H19BrClNO2/c21-16-7-3-15(4-8-16)19(24)11-12-20(25)23-13-1-2-18(23)14-5-9-17(22)10-6-14/h3-10,18H,1-2,11-13H2/t18-/m1/s1. The van der Waals surface area contributed by atoms with Crippen LogP contribution in [0.15, 0.2) is 53.0 Å². The molecule has 1 atom stereocenters. The van der Waals surface area contributed by atoms with E-state index in [1.54, 1.807) is 12.1 Å². The number of Topliss-reactive ketones (excluding diaryl/α,β-unsaturated/α-hetero) is 1. The summed E-state index contributed by atoms with van der Waals surface area (Å²) >= 11 is 9.30. The van der Waals surface area contributed by atoms with Crippen molar-refractivity contribution in [3.8, 4) is 0 Å². The number of likely N-dealkylation sites (tertiary alicyclic amines) is 1. The highest BCUT2D eigenvalue weighted by Gasteiger charge is 2.29. The predicted molar refractivity (Wildman–Crippen MR) is 103 cm³/mol. The number of hydrogen-bond acceptors (Lipinski definition) is 2. The second-order valence-corrected chi connectivity index (χ2v) is 7.58. The molecule has 3 nitrogen and oxygen atoms in total. The van der Waals surface area contributed by atoms with Crippen molar-refractivity contribution in [1.29, 1.82) is 0 Å². The van der Waals surface area contributed by atoms with Gasteiger partial charge in [0.15, 0.2) is 5.78 Å². The lowest BCUT2D eigenvalue weighted by Crippen LogP contribution is -2.30. The summed E-state index contributed by atoms with van der Waals surface area (Å²) in [5.41, 5.74) is 1.75. The normalized spacial score (nSPS) is 16.9. The zero-order valence-electron chi connectivity index (χ0n) is 13.8. The maximum absolute atomic E-state index is 12.6. The number of carbonyl (C=O) groups excluding carboxylic acids is 2. The number of carbonyl (C=O) groups is 2. The van der Waals surface area contributed by atoms with Gasteiger partial charge in [-0.25, -0.2) is 0 Å². The third-order valence-electron chi connectivity index (χ3n) is 4.56. The Morgan fingerprint density at radius 3 is 2.40 bits per heavy atom. The summed E-state index contributed by atoms with van der Waals surface area (Å²) in [5, 5.41) is 0.694. The summed E-state index contributed by atoms with van der Waals surface area (Å²) in [4.78, 5) is 26.8. The molecule has 0 saturated carbocycles. The molecule has 0 radical (unpaired) electrons. The van der Waals surface area contributed by atoms with Gasteiger partial charge < -0.3 is 4.90 Å². The fourth-order valence-electron chi connectivity index (χ4n) is 3.24. The van der Waals surface area contributed by atoms with E-state index in [0.717, 1.165) is 29.4 Å². The smallest absolute Gasteiger partial charge is 0.223 e. The number of halogens is 2. The van der Waals surface area contributed by atoms with Crippen molar-refractivity contribution in [2.24, 2.45) is 0 Å². The minimum Gasteiger partial charge on any atom is -0.336 e. The molecule has 0 aliphatic carbocycles. The molecule has 1 aliphatic rings. The summed E-state index contributed by atoms with van der Waals surface area (Å²) in [6, 6.07) is 15.0. The second-order valence-electron chi connectivity index (χ2n) is 6.23. The van der Waals surface area contributed by atoms with Crippen LogP contribution in [0, 0.1) is 0 Å². The molecule has 2 aromatic rings. The minimum atomic E-state index is 0.00286. The van der Waals surface area contributed by atoms with Crippen molar-refractivity contribution in [1.82, 2.24) is 4.90 Å². The van der Waals surface area contributed by atoms with Gasteiger partial charge in [-0.1, -0.05) is 51.8 Å². The number of nitrogens with zero attached hydrogens (tertiary/aromatic N) is 1. The van der Waals surface area contributed by atoms with Crippen molar-refractivity contribution >= 4 is 39.2 Å². The largest absolute Gasteiger partial charge is 0.336 e. The maximum Gasteiger partial charge on any atom is 0.223 e. The molecule has 0 spiro atoms. The fourth-order valence-corrected chi connectivity index (χ4v) is 3.63. The van der Waals surface area contributed by atoms with E-state index >= 15 is 0 Å². The zero-order chi connectivity index (χ0) is 17.8. The van der Waals surface area contributed by atoms with Crippen LogP contribution >= 0.6 is 27.5 Å². The third kappa shape index (κ3) is 4.50. The van der Waals surface area contributed by atoms with Crippen LogP contribution in [-0.4, -0.2) is 23.1 Å². The topological polar surface area (TPSA) is 37.4 Å². The van der Waals surface area contributed by atoms with Gasteiger partial charge in [0.05, 0.1) is 6.04 Å². The third-order valence-corrected chi connectivity index (χ3v) is 5.34. The van der Waals surface area contributed by atoms with E-state index in [-0.39, 0.29) is 30.6 Å². The highest BCUT2D eigenvalue weighted by Crippen LogP contribution is 2.33. The number of rotatable bonds is 5. The summed E-state index contributed by atoms with van der Waals surface area (Å²) in [6.07, 6.45) is 2.43. The van der Waals surface area contributed by atoms with Gasteiger partial charge >= 0.3 is 0 Å². The molecule has 0 N–H and O–H groups in total. The Bertz CT molecular complexity index is 758. The van der Waals surface area contributed by atoms with Gasteiger partial charge in [-0.15, -0.1) is 0 Å². The average Bonchev–Trinajstić information content (AvgIpc) is 3.10. The minimum absolute atomic E-state index is 0.00286. The predicted octanol–water partition coefficient (Wildman–Crippen LogP) is 5.43. The molecule has 1 amide bonds. The molecule has 130 valence electrons. The van der Waals surface area contributed by atoms with Gasteiger partial charge in [0, 0.05) is 34.4 Å². The van der Waals surface area contributed by atoms with Crippen LogP contribution in [0.2, 0.25) is 5.02 Å². The van der Waals surface area contributed by atoms with Crippen molar-refractivity contribution < 1.29 is 9.59 Å². The monoisotopic (exact) mass is 419 g/mol. The average molecular weight is 421 g/mol. The van der Waals surface area contributed by atoms with Gasteiger partial charge in [-0.2, -0.15) is 0 Å². The van der Waals surface area contributed by atoms with Crippen LogP contribution in [0.25, 0.3) is 0 Å². The van der Waals surface area contributed by atoms with Crippen LogP contribution in [0.1, 0.15) is 47.6 Å². The number of benzene rings is 2. The van der Waals surface area contributed by atoms with Gasteiger partial charge in [0.25, 0.3) is 0 Å². The summed E-state index contributed by atoms with van der Waals surface area (Å²) in [6.45, 7) is 0.749. The van der Waals surface area contributed by atoms with Crippen molar-refractivity contribution in [2.45, 2.75) is 31.7 Å². The van der Waals surface area contributed by atoms with Crippen LogP contribution in [0.3, 0.4) is 0 Å². The van der Waals surface area contributed by atoms with Gasteiger partial charge in [0.1, 0.15) is 0 Å². The molecule has 3 rings (SSSR count). The molecule has 1 aliphatic heterocycles. The molecule has 5 heteroatoms. The number of ketones is 1. The first-order valence-corrected chi connectivity index (χ1v) is 9.55. The van der Waals surface area contributed by atoms with E-state index in [1.807, 2.05) is 41.3 Å². The molecule has 2 aromatic carbocycles. The van der Waals surface area contributed by atoms with Crippen LogP contribution in [0.5, 0.6) is 0 Å². The van der Waals surface area contributed by atoms with Crippen molar-refractivity contribution in [3.63, 3.8) is 0 Å². The molecule has 25 heavy (non-hydrogen) atoms. The highest BCUT2D eigenvalue weighted by molar-refractivity contribution is 9.10. The maximum atomic E-state index is 12.6. The fraction of sp³-hybridized carbons (Fsp3) is 0.300. The molecule has 0 aromatic heterocycles. The Morgan fingerprint density at radius 2 is 1.72 bits per heavy atom. The van der Waals surface area contributed by atoms with Crippen molar-refractivity contribution in [3.05, 3.63) is 69.2 Å². The lowest BCUT2D eigenvalue weighted by molar-refractivity contribution is -0.132. The van der Waals surface area contributed by atoms with E-state index in [2.05, 4.69) is 15.9 Å². The molecule has 1 saturated heterocycles. The Balaban J connectivity index is 1.61. The van der Waals surface area contributed by atoms with E-state index in [9.17, 15) is 9.59 Å². The Hall–Kier alpha value is -1.65. The molecule has 0 bridgehead atoms. The van der Waals surface area contributed by atoms with Gasteiger partial charge in [0.2, 0.25) is 5.91 Å². The molecule has 1 heterocycles. The lowest BCUT2D eigenvalue weighted by atomic mass is 10.0. The summed E-state index contributed by atoms with van der Waals surface area (Å²) in [7, 11) is 0. The Morgan fingerprint density at radius 1 is 1.04 bits per heavy atom. The Kier molecular flexibility index (Phi) is 5.92. The highest BCUT2D eigenvalue weighted by atomic mass is 79.9. The molecule has 0 unspecified atom stereocenters. The van der Waals surface area contributed by atoms with E-state index in [4.69, 9.17) is 11.6 Å². The molecular weight excluding hydrogens is 402 g/mol. The number of amides is 1. The van der Waals surface area contributed by atoms with E-state index in [1.165, 1.54) is 0 Å². The van der Waals surface area contributed by atoms with Gasteiger partial charge in [-0.3, -0.25) is 9.59 Å². The van der Waals surface area contributed by atoms with Crippen LogP contribution in [0.4, 0.5) is 0 Å². The summed E-state index contributed by atoms with van der Waals surface area (Å²) < 4.78 is 0.933. The molecule has 1 fully saturated rings. The van der Waals surface area contributed by atoms with Crippen molar-refractivity contribution in [2.75, 3.05) is 6.54 Å². The summed E-state index contributed by atoms with van der Waals surface area (Å²) in [5.74, 6) is 0.0472. The zero-order valence-corrected chi connectivity index (χ0v) is 16.1. The lowest BCUT2D eigenvalue weighted by Gasteiger charge is -2.25. The van der Waals surface area contributed by atoms with Gasteiger partial charge in [-0.05, 0) is 42.7 Å². The van der Waals surface area contributed by atoms with E-state index < -0.39 is 0 Å². The first-order chi connectivity index (χ1) is 12.0. The molecular formula is C20H19BrClNO2. The first kappa shape index (κ1) is 18.2. The number of hydrogen-bond donors (Lipinski definition) is 0. The Labute approximate surface area is 161 Å². The van der Waals surface area contributed by atoms with E-state index in [0.29, 0.717) is 10.6 Å². The second kappa shape index (κ2) is 8.15. The van der Waals surface area contributed by atoms with Crippen LogP contribution < -0.4 is 0 Å².